The summed E-state index contributed by atoms with van der Waals surface area (Å²) in [6, 6.07) is 9.05. The Kier molecular flexibility index (Phi) is 8.53. The molecule has 0 heterocycles. The predicted molar refractivity (Wildman–Crippen MR) is 129 cm³/mol. The third-order valence-electron chi connectivity index (χ3n) is 7.37. The van der Waals surface area contributed by atoms with E-state index in [4.69, 9.17) is 9.47 Å². The first kappa shape index (κ1) is 25.7. The highest BCUT2D eigenvalue weighted by molar-refractivity contribution is 5.64. The highest BCUT2D eigenvalue weighted by atomic mass is 19.3. The van der Waals surface area contributed by atoms with Gasteiger partial charge in [-0.1, -0.05) is 24.3 Å². The van der Waals surface area contributed by atoms with Crippen molar-refractivity contribution < 1.29 is 27.0 Å². The SMILES string of the molecule is CCOC1CCC(/C=C/C2CCC(C(F)(F)Oc3ccc(-c4ccc(F)cc4)c(F)c3)CC2)CC1. The van der Waals surface area contributed by atoms with E-state index in [1.165, 1.54) is 36.4 Å². The molecule has 2 aliphatic rings. The molecule has 0 bridgehead atoms. The van der Waals surface area contributed by atoms with Gasteiger partial charge in [0.25, 0.3) is 0 Å². The fourth-order valence-corrected chi connectivity index (χ4v) is 5.31. The molecule has 2 nitrogen and oxygen atoms in total. The van der Waals surface area contributed by atoms with Crippen molar-refractivity contribution in [2.24, 2.45) is 17.8 Å². The first-order valence-electron chi connectivity index (χ1n) is 12.8. The summed E-state index contributed by atoms with van der Waals surface area (Å²) >= 11 is 0. The molecule has 0 radical (unpaired) electrons. The topological polar surface area (TPSA) is 18.5 Å². The summed E-state index contributed by atoms with van der Waals surface area (Å²) in [5, 5.41) is 0. The quantitative estimate of drug-likeness (QED) is 0.273. The van der Waals surface area contributed by atoms with Gasteiger partial charge in [0.05, 0.1) is 12.0 Å². The molecule has 0 aliphatic heterocycles. The number of alkyl halides is 2. The van der Waals surface area contributed by atoms with Gasteiger partial charge in [0, 0.05) is 18.2 Å². The summed E-state index contributed by atoms with van der Waals surface area (Å²) in [5.74, 6) is -1.34. The van der Waals surface area contributed by atoms with Crippen LogP contribution in [0.5, 0.6) is 5.75 Å². The Morgan fingerprint density at radius 3 is 2.00 bits per heavy atom. The molecule has 0 unspecified atom stereocenters. The van der Waals surface area contributed by atoms with Crippen molar-refractivity contribution in [3.05, 3.63) is 66.3 Å². The highest BCUT2D eigenvalue weighted by Gasteiger charge is 2.43. The molecule has 0 N–H and O–H groups in total. The van der Waals surface area contributed by atoms with Crippen LogP contribution in [-0.4, -0.2) is 18.8 Å². The van der Waals surface area contributed by atoms with E-state index in [-0.39, 0.29) is 11.3 Å². The van der Waals surface area contributed by atoms with Gasteiger partial charge < -0.3 is 9.47 Å². The number of benzene rings is 2. The van der Waals surface area contributed by atoms with Crippen molar-refractivity contribution in [2.45, 2.75) is 70.5 Å². The van der Waals surface area contributed by atoms with Gasteiger partial charge in [-0.3, -0.25) is 0 Å². The van der Waals surface area contributed by atoms with Crippen LogP contribution in [0.4, 0.5) is 17.6 Å². The largest absolute Gasteiger partial charge is 0.432 e. The van der Waals surface area contributed by atoms with Gasteiger partial charge >= 0.3 is 6.11 Å². The molecular weight excluding hydrogens is 456 g/mol. The van der Waals surface area contributed by atoms with Crippen LogP contribution in [-0.2, 0) is 4.74 Å². The van der Waals surface area contributed by atoms with Crippen molar-refractivity contribution >= 4 is 0 Å². The molecule has 2 saturated carbocycles. The van der Waals surface area contributed by atoms with E-state index < -0.39 is 23.7 Å². The van der Waals surface area contributed by atoms with Crippen molar-refractivity contribution in [3.63, 3.8) is 0 Å². The maximum absolute atomic E-state index is 14.9. The molecule has 0 spiro atoms. The second-order valence-electron chi connectivity index (χ2n) is 9.80. The van der Waals surface area contributed by atoms with Crippen molar-refractivity contribution in [1.29, 1.82) is 0 Å². The van der Waals surface area contributed by atoms with Crippen LogP contribution in [0.15, 0.2) is 54.6 Å². The third kappa shape index (κ3) is 6.87. The first-order valence-corrected chi connectivity index (χ1v) is 12.8. The lowest BCUT2D eigenvalue weighted by Gasteiger charge is -2.32. The summed E-state index contributed by atoms with van der Waals surface area (Å²) in [7, 11) is 0. The number of ether oxygens (including phenoxy) is 2. The van der Waals surface area contributed by atoms with E-state index in [1.54, 1.807) is 0 Å². The van der Waals surface area contributed by atoms with Gasteiger partial charge in [0.1, 0.15) is 17.4 Å². The van der Waals surface area contributed by atoms with E-state index in [1.807, 2.05) is 6.92 Å². The Labute approximate surface area is 205 Å². The average Bonchev–Trinajstić information content (AvgIpc) is 2.85. The zero-order chi connectivity index (χ0) is 24.8. The lowest BCUT2D eigenvalue weighted by atomic mass is 9.80. The summed E-state index contributed by atoms with van der Waals surface area (Å²) in [6.07, 6.45) is 8.10. The molecule has 0 amide bonds. The molecule has 2 aromatic rings. The van der Waals surface area contributed by atoms with Crippen LogP contribution < -0.4 is 4.74 Å². The Morgan fingerprint density at radius 1 is 0.829 bits per heavy atom. The minimum Gasteiger partial charge on any atom is -0.432 e. The zero-order valence-electron chi connectivity index (χ0n) is 20.2. The van der Waals surface area contributed by atoms with E-state index >= 15 is 0 Å². The normalized spacial score (nSPS) is 25.6. The van der Waals surface area contributed by atoms with Gasteiger partial charge in [0.15, 0.2) is 0 Å². The lowest BCUT2D eigenvalue weighted by Crippen LogP contribution is -2.37. The average molecular weight is 491 g/mol. The summed E-state index contributed by atoms with van der Waals surface area (Å²) in [6.45, 7) is 2.79. The number of halogens is 4. The van der Waals surface area contributed by atoms with E-state index in [2.05, 4.69) is 12.2 Å². The number of hydrogen-bond donors (Lipinski definition) is 0. The number of allylic oxidation sites excluding steroid dienone is 2. The first-order chi connectivity index (χ1) is 16.8. The second kappa shape index (κ2) is 11.6. The molecule has 190 valence electrons. The maximum Gasteiger partial charge on any atom is 0.400 e. The van der Waals surface area contributed by atoms with Gasteiger partial charge in [-0.2, -0.15) is 8.78 Å². The predicted octanol–water partition coefficient (Wildman–Crippen LogP) is 8.56. The molecule has 4 rings (SSSR count). The fourth-order valence-electron chi connectivity index (χ4n) is 5.31. The van der Waals surface area contributed by atoms with Gasteiger partial charge in [-0.05, 0) is 100.0 Å². The third-order valence-corrected chi connectivity index (χ3v) is 7.37. The molecule has 0 atom stereocenters. The van der Waals surface area contributed by atoms with E-state index in [0.717, 1.165) is 38.4 Å². The Morgan fingerprint density at radius 2 is 1.43 bits per heavy atom. The van der Waals surface area contributed by atoms with E-state index in [0.29, 0.717) is 49.2 Å². The zero-order valence-corrected chi connectivity index (χ0v) is 20.2. The molecule has 2 fully saturated rings. The van der Waals surface area contributed by atoms with Crippen LogP contribution in [0.25, 0.3) is 11.1 Å². The van der Waals surface area contributed by atoms with Gasteiger partial charge in [0.2, 0.25) is 0 Å². The van der Waals surface area contributed by atoms with E-state index in [9.17, 15) is 17.6 Å². The van der Waals surface area contributed by atoms with Crippen molar-refractivity contribution in [2.75, 3.05) is 6.61 Å². The van der Waals surface area contributed by atoms with Crippen molar-refractivity contribution in [1.82, 2.24) is 0 Å². The van der Waals surface area contributed by atoms with Crippen LogP contribution >= 0.6 is 0 Å². The molecule has 2 aromatic carbocycles. The molecular formula is C29H34F4O2. The van der Waals surface area contributed by atoms with Crippen LogP contribution in [0.2, 0.25) is 0 Å². The summed E-state index contributed by atoms with van der Waals surface area (Å²) in [4.78, 5) is 0. The second-order valence-corrected chi connectivity index (χ2v) is 9.80. The standard InChI is InChI=1S/C29H34F4O2/c1-2-34-25-15-7-21(8-16-25)4-3-20-5-11-23(12-6-20)29(32,33)35-26-17-18-27(28(31)19-26)22-9-13-24(30)14-10-22/h3-4,9-10,13-14,17-21,23,25H,2,5-8,11-12,15-16H2,1H3/b4-3+. The van der Waals surface area contributed by atoms with Crippen LogP contribution in [0.3, 0.4) is 0 Å². The van der Waals surface area contributed by atoms with Crippen LogP contribution in [0.1, 0.15) is 58.3 Å². The molecule has 35 heavy (non-hydrogen) atoms. The molecule has 0 aromatic heterocycles. The molecule has 6 heteroatoms. The van der Waals surface area contributed by atoms with Gasteiger partial charge in [-0.25, -0.2) is 8.78 Å². The summed E-state index contributed by atoms with van der Waals surface area (Å²) < 4.78 is 68.1. The molecule has 2 aliphatic carbocycles. The number of hydrogen-bond acceptors (Lipinski definition) is 2. The fraction of sp³-hybridized carbons (Fsp3) is 0.517. The van der Waals surface area contributed by atoms with Crippen molar-refractivity contribution in [3.8, 4) is 16.9 Å². The lowest BCUT2D eigenvalue weighted by molar-refractivity contribution is -0.223. The highest BCUT2D eigenvalue weighted by Crippen LogP contribution is 2.41. The summed E-state index contributed by atoms with van der Waals surface area (Å²) in [5.41, 5.74) is 0.676. The Balaban J connectivity index is 1.28. The smallest absolute Gasteiger partial charge is 0.400 e. The monoisotopic (exact) mass is 490 g/mol. The minimum atomic E-state index is -3.36. The molecule has 0 saturated heterocycles. The van der Waals surface area contributed by atoms with Crippen LogP contribution in [0, 0.1) is 29.4 Å². The number of rotatable bonds is 8. The Hall–Kier alpha value is -2.34. The Bertz CT molecular complexity index is 973. The minimum absolute atomic E-state index is 0.206. The maximum atomic E-state index is 14.9. The van der Waals surface area contributed by atoms with Gasteiger partial charge in [-0.15, -0.1) is 0 Å².